The van der Waals surface area contributed by atoms with E-state index in [1.807, 2.05) is 29.2 Å². The molecule has 1 saturated heterocycles. The number of amides is 2. The van der Waals surface area contributed by atoms with E-state index in [2.05, 4.69) is 18.7 Å². The number of ether oxygens (including phenoxy) is 1. The van der Waals surface area contributed by atoms with Crippen molar-refractivity contribution in [2.45, 2.75) is 57.4 Å². The smallest absolute Gasteiger partial charge is 0.254 e. The summed E-state index contributed by atoms with van der Waals surface area (Å²) in [5.41, 5.74) is 1.26. The highest BCUT2D eigenvalue weighted by molar-refractivity contribution is 6.02. The van der Waals surface area contributed by atoms with Crippen molar-refractivity contribution in [2.75, 3.05) is 32.8 Å². The van der Waals surface area contributed by atoms with Gasteiger partial charge in [-0.05, 0) is 30.4 Å². The third-order valence-electron chi connectivity index (χ3n) is 6.66. The van der Waals surface area contributed by atoms with Gasteiger partial charge in [0.05, 0.1) is 24.7 Å². The van der Waals surface area contributed by atoms with Crippen LogP contribution in [-0.2, 0) is 9.53 Å². The summed E-state index contributed by atoms with van der Waals surface area (Å²) < 4.78 is 5.48. The number of rotatable bonds is 3. The summed E-state index contributed by atoms with van der Waals surface area (Å²) in [6.07, 6.45) is 5.18. The van der Waals surface area contributed by atoms with Crippen LogP contribution in [0.2, 0.25) is 0 Å². The van der Waals surface area contributed by atoms with Crippen molar-refractivity contribution in [1.29, 1.82) is 0 Å². The van der Waals surface area contributed by atoms with Gasteiger partial charge in [0.15, 0.2) is 0 Å². The minimum atomic E-state index is -0.386. The molecule has 1 atom stereocenters. The number of morpholine rings is 1. The lowest BCUT2D eigenvalue weighted by molar-refractivity contribution is -0.142. The normalized spacial score (nSPS) is 24.5. The monoisotopic (exact) mass is 384 g/mol. The van der Waals surface area contributed by atoms with Crippen molar-refractivity contribution in [3.05, 3.63) is 35.4 Å². The summed E-state index contributed by atoms with van der Waals surface area (Å²) in [5.74, 6) is 0.391. The van der Waals surface area contributed by atoms with E-state index in [4.69, 9.17) is 4.74 Å². The van der Waals surface area contributed by atoms with Crippen LogP contribution in [0.4, 0.5) is 0 Å². The predicted molar refractivity (Wildman–Crippen MR) is 108 cm³/mol. The molecule has 2 amide bonds. The molecule has 2 fully saturated rings. The zero-order chi connectivity index (χ0) is 19.7. The first-order chi connectivity index (χ1) is 13.5. The number of hydrogen-bond donors (Lipinski definition) is 0. The van der Waals surface area contributed by atoms with E-state index >= 15 is 0 Å². The van der Waals surface area contributed by atoms with Gasteiger partial charge in [-0.15, -0.1) is 0 Å². The Balaban J connectivity index is 1.84. The average molecular weight is 385 g/mol. The van der Waals surface area contributed by atoms with E-state index in [9.17, 15) is 9.59 Å². The highest BCUT2D eigenvalue weighted by atomic mass is 16.5. The summed E-state index contributed by atoms with van der Waals surface area (Å²) in [7, 11) is 0. The van der Waals surface area contributed by atoms with Crippen LogP contribution < -0.4 is 0 Å². The summed E-state index contributed by atoms with van der Waals surface area (Å²) in [6, 6.07) is 7.80. The molecule has 0 bridgehead atoms. The number of benzene rings is 1. The van der Waals surface area contributed by atoms with E-state index < -0.39 is 0 Å². The largest absolute Gasteiger partial charge is 0.378 e. The highest BCUT2D eigenvalue weighted by Gasteiger charge is 2.55. The Bertz CT molecular complexity index is 733. The van der Waals surface area contributed by atoms with Gasteiger partial charge in [-0.1, -0.05) is 51.3 Å². The van der Waals surface area contributed by atoms with Crippen molar-refractivity contribution < 1.29 is 14.3 Å². The molecule has 5 heteroatoms. The van der Waals surface area contributed by atoms with Crippen molar-refractivity contribution in [2.24, 2.45) is 5.92 Å². The number of carbonyl (C=O) groups excluding carboxylic acids is 2. The number of carbonyl (C=O) groups is 2. The van der Waals surface area contributed by atoms with Crippen molar-refractivity contribution in [1.82, 2.24) is 9.80 Å². The lowest BCUT2D eigenvalue weighted by Gasteiger charge is -2.55. The van der Waals surface area contributed by atoms with Crippen LogP contribution in [0.1, 0.15) is 67.8 Å². The Kier molecular flexibility index (Phi) is 5.46. The molecule has 4 rings (SSSR count). The van der Waals surface area contributed by atoms with Crippen LogP contribution in [0.5, 0.6) is 0 Å². The topological polar surface area (TPSA) is 49.9 Å². The number of hydrogen-bond acceptors (Lipinski definition) is 3. The van der Waals surface area contributed by atoms with Crippen LogP contribution >= 0.6 is 0 Å². The molecule has 5 nitrogen and oxygen atoms in total. The molecular weight excluding hydrogens is 352 g/mol. The minimum Gasteiger partial charge on any atom is -0.378 e. The minimum absolute atomic E-state index is 0.109. The van der Waals surface area contributed by atoms with Crippen LogP contribution in [-0.4, -0.2) is 60.0 Å². The Labute approximate surface area is 168 Å². The maximum Gasteiger partial charge on any atom is 0.254 e. The molecular formula is C23H32N2O3. The first-order valence-corrected chi connectivity index (χ1v) is 10.8. The second-order valence-electron chi connectivity index (χ2n) is 8.93. The van der Waals surface area contributed by atoms with Gasteiger partial charge in [-0.3, -0.25) is 9.59 Å². The molecule has 1 aromatic rings. The van der Waals surface area contributed by atoms with Crippen LogP contribution in [0.3, 0.4) is 0 Å². The average Bonchev–Trinajstić information content (AvgIpc) is 2.72. The Hall–Kier alpha value is -1.88. The summed E-state index contributed by atoms with van der Waals surface area (Å²) in [4.78, 5) is 31.5. The predicted octanol–water partition coefficient (Wildman–Crippen LogP) is 3.44. The molecule has 0 unspecified atom stereocenters. The van der Waals surface area contributed by atoms with E-state index in [1.165, 1.54) is 6.42 Å². The zero-order valence-electron chi connectivity index (χ0n) is 17.2. The molecule has 0 radical (unpaired) electrons. The zero-order valence-corrected chi connectivity index (χ0v) is 17.2. The van der Waals surface area contributed by atoms with Crippen LogP contribution in [0.15, 0.2) is 24.3 Å². The summed E-state index contributed by atoms with van der Waals surface area (Å²) in [5, 5.41) is 0. The lowest BCUT2D eigenvalue weighted by atomic mass is 9.65. The number of nitrogens with zero attached hydrogens (tertiary/aromatic N) is 2. The van der Waals surface area contributed by atoms with Gasteiger partial charge in [0, 0.05) is 25.2 Å². The third-order valence-corrected chi connectivity index (χ3v) is 6.66. The maximum absolute atomic E-state index is 13.9. The van der Waals surface area contributed by atoms with E-state index in [0.717, 1.165) is 31.2 Å². The first-order valence-electron chi connectivity index (χ1n) is 10.8. The van der Waals surface area contributed by atoms with Gasteiger partial charge in [-0.2, -0.15) is 0 Å². The van der Waals surface area contributed by atoms with Gasteiger partial charge in [0.1, 0.15) is 0 Å². The fourth-order valence-corrected chi connectivity index (χ4v) is 5.42. The number of fused-ring (bicyclic) bond motifs is 1. The SMILES string of the molecule is CC(C)CN1C(=O)c2ccccc2[C@@H](C(=O)N2CCOCC2)C12CCCCC2. The van der Waals surface area contributed by atoms with Crippen LogP contribution in [0, 0.1) is 5.92 Å². The standard InChI is InChI=1S/C23H32N2O3/c1-17(2)16-25-21(26)19-9-5-4-8-18(19)20(23(25)10-6-3-7-11-23)22(27)24-12-14-28-15-13-24/h4-5,8-9,17,20H,3,6-7,10-16H2,1-2H3/t20-/m0/s1. The Morgan fingerprint density at radius 2 is 1.82 bits per heavy atom. The molecule has 2 heterocycles. The molecule has 28 heavy (non-hydrogen) atoms. The molecule has 0 aromatic heterocycles. The molecule has 1 aliphatic carbocycles. The Morgan fingerprint density at radius 3 is 2.50 bits per heavy atom. The molecule has 3 aliphatic rings. The Morgan fingerprint density at radius 1 is 1.14 bits per heavy atom. The first kappa shape index (κ1) is 19.4. The van der Waals surface area contributed by atoms with E-state index in [0.29, 0.717) is 44.3 Å². The third kappa shape index (κ3) is 3.24. The highest BCUT2D eigenvalue weighted by Crippen LogP contribution is 2.50. The summed E-state index contributed by atoms with van der Waals surface area (Å²) >= 11 is 0. The van der Waals surface area contributed by atoms with Crippen molar-refractivity contribution >= 4 is 11.8 Å². The van der Waals surface area contributed by atoms with E-state index in [1.54, 1.807) is 0 Å². The van der Waals surface area contributed by atoms with Crippen molar-refractivity contribution in [3.8, 4) is 0 Å². The van der Waals surface area contributed by atoms with Crippen molar-refractivity contribution in [3.63, 3.8) is 0 Å². The second-order valence-corrected chi connectivity index (χ2v) is 8.93. The van der Waals surface area contributed by atoms with Crippen LogP contribution in [0.25, 0.3) is 0 Å². The molecule has 1 spiro atoms. The molecule has 1 aromatic carbocycles. The van der Waals surface area contributed by atoms with Gasteiger partial charge < -0.3 is 14.5 Å². The van der Waals surface area contributed by atoms with E-state index in [-0.39, 0.29) is 23.3 Å². The van der Waals surface area contributed by atoms with Gasteiger partial charge in [0.2, 0.25) is 5.91 Å². The fourth-order valence-electron chi connectivity index (χ4n) is 5.42. The summed E-state index contributed by atoms with van der Waals surface area (Å²) in [6.45, 7) is 7.51. The fraction of sp³-hybridized carbons (Fsp3) is 0.652. The quantitative estimate of drug-likeness (QED) is 0.802. The van der Waals surface area contributed by atoms with Gasteiger partial charge >= 0.3 is 0 Å². The molecule has 0 N–H and O–H groups in total. The molecule has 1 saturated carbocycles. The van der Waals surface area contributed by atoms with Gasteiger partial charge in [0.25, 0.3) is 5.91 Å². The molecule has 2 aliphatic heterocycles. The molecule has 152 valence electrons. The lowest BCUT2D eigenvalue weighted by Crippen LogP contribution is -2.64. The van der Waals surface area contributed by atoms with Gasteiger partial charge in [-0.25, -0.2) is 0 Å². The second kappa shape index (κ2) is 7.86. The maximum atomic E-state index is 13.9.